The van der Waals surface area contributed by atoms with Gasteiger partial charge in [-0.2, -0.15) is 0 Å². The summed E-state index contributed by atoms with van der Waals surface area (Å²) in [5.41, 5.74) is 0.156. The normalized spacial score (nSPS) is 11.5. The molecule has 0 aliphatic heterocycles. The fourth-order valence-corrected chi connectivity index (χ4v) is 2.04. The number of hydrogen-bond acceptors (Lipinski definition) is 2. The third-order valence-electron chi connectivity index (χ3n) is 3.07. The van der Waals surface area contributed by atoms with Crippen LogP contribution in [-0.2, 0) is 11.2 Å². The third kappa shape index (κ3) is 3.03. The van der Waals surface area contributed by atoms with Gasteiger partial charge in [-0.05, 0) is 36.4 Å². The van der Waals surface area contributed by atoms with Crippen LogP contribution in [0.3, 0.4) is 0 Å². The highest BCUT2D eigenvalue weighted by Gasteiger charge is 2.19. The van der Waals surface area contributed by atoms with Crippen LogP contribution >= 0.6 is 0 Å². The highest BCUT2D eigenvalue weighted by Crippen LogP contribution is 2.31. The van der Waals surface area contributed by atoms with E-state index in [1.165, 1.54) is 31.6 Å². The Morgan fingerprint density at radius 2 is 1.86 bits per heavy atom. The van der Waals surface area contributed by atoms with Crippen LogP contribution in [-0.4, -0.2) is 13.7 Å². The molecule has 0 saturated carbocycles. The molecule has 0 amide bonds. The summed E-state index contributed by atoms with van der Waals surface area (Å²) in [6.45, 7) is 1.95. The van der Waals surface area contributed by atoms with Crippen molar-refractivity contribution in [3.63, 3.8) is 0 Å². The maximum Gasteiger partial charge on any atom is 0.176 e. The van der Waals surface area contributed by atoms with Crippen molar-refractivity contribution in [2.75, 3.05) is 13.7 Å². The Hall–Kier alpha value is -2.01. The first-order chi connectivity index (χ1) is 10.1. The SMILES string of the molecule is CC=COc1ccc2cc(CCOC)c(F)c(F)c2c1F. The van der Waals surface area contributed by atoms with E-state index in [-0.39, 0.29) is 29.7 Å². The molecule has 112 valence electrons. The van der Waals surface area contributed by atoms with Gasteiger partial charge in [-0.25, -0.2) is 13.2 Å². The largest absolute Gasteiger partial charge is 0.462 e. The Morgan fingerprint density at radius 3 is 2.52 bits per heavy atom. The van der Waals surface area contributed by atoms with E-state index in [2.05, 4.69) is 0 Å². The lowest BCUT2D eigenvalue weighted by atomic mass is 10.0. The maximum atomic E-state index is 14.2. The van der Waals surface area contributed by atoms with Crippen molar-refractivity contribution in [3.8, 4) is 5.75 Å². The van der Waals surface area contributed by atoms with E-state index in [4.69, 9.17) is 9.47 Å². The standard InChI is InChI=1S/C16H15F3O2/c1-3-7-21-12-5-4-10-9-11(6-8-20-2)14(17)16(19)13(10)15(12)18/h3-5,7,9H,6,8H2,1-2H3. The maximum absolute atomic E-state index is 14.2. The van der Waals surface area contributed by atoms with Crippen LogP contribution in [0.1, 0.15) is 12.5 Å². The summed E-state index contributed by atoms with van der Waals surface area (Å²) < 4.78 is 52.2. The average Bonchev–Trinajstić information content (AvgIpc) is 2.48. The number of hydrogen-bond donors (Lipinski definition) is 0. The predicted molar refractivity (Wildman–Crippen MR) is 74.8 cm³/mol. The predicted octanol–water partition coefficient (Wildman–Crippen LogP) is 4.36. The van der Waals surface area contributed by atoms with Gasteiger partial charge in [0.15, 0.2) is 23.2 Å². The topological polar surface area (TPSA) is 18.5 Å². The van der Waals surface area contributed by atoms with Crippen molar-refractivity contribution in [1.82, 2.24) is 0 Å². The minimum atomic E-state index is -1.21. The van der Waals surface area contributed by atoms with Gasteiger partial charge in [0.2, 0.25) is 0 Å². The first-order valence-corrected chi connectivity index (χ1v) is 6.46. The second-order valence-corrected chi connectivity index (χ2v) is 4.47. The summed E-state index contributed by atoms with van der Waals surface area (Å²) in [5, 5.41) is -0.124. The molecule has 0 N–H and O–H groups in total. The number of fused-ring (bicyclic) bond motifs is 1. The van der Waals surface area contributed by atoms with Gasteiger partial charge in [-0.1, -0.05) is 12.1 Å². The molecule has 5 heteroatoms. The van der Waals surface area contributed by atoms with Crippen LogP contribution in [0.5, 0.6) is 5.75 Å². The monoisotopic (exact) mass is 296 g/mol. The lowest BCUT2D eigenvalue weighted by Gasteiger charge is -2.10. The summed E-state index contributed by atoms with van der Waals surface area (Å²) in [7, 11) is 1.47. The average molecular weight is 296 g/mol. The van der Waals surface area contributed by atoms with Crippen LogP contribution in [0.15, 0.2) is 30.5 Å². The molecular weight excluding hydrogens is 281 g/mol. The van der Waals surface area contributed by atoms with Gasteiger partial charge in [0, 0.05) is 7.11 Å². The molecule has 21 heavy (non-hydrogen) atoms. The Morgan fingerprint density at radius 1 is 1.10 bits per heavy atom. The lowest BCUT2D eigenvalue weighted by molar-refractivity contribution is 0.201. The van der Waals surface area contributed by atoms with Crippen molar-refractivity contribution in [2.45, 2.75) is 13.3 Å². The van der Waals surface area contributed by atoms with Crippen molar-refractivity contribution in [2.24, 2.45) is 0 Å². The summed E-state index contributed by atoms with van der Waals surface area (Å²) >= 11 is 0. The van der Waals surface area contributed by atoms with Gasteiger partial charge in [-0.15, -0.1) is 0 Å². The Bertz CT molecular complexity index is 681. The molecule has 0 fully saturated rings. The molecule has 2 aromatic rings. The van der Waals surface area contributed by atoms with Crippen molar-refractivity contribution in [3.05, 3.63) is 53.6 Å². The Balaban J connectivity index is 2.58. The molecule has 0 spiro atoms. The number of benzene rings is 2. The van der Waals surface area contributed by atoms with Gasteiger partial charge in [0.1, 0.15) is 0 Å². The summed E-state index contributed by atoms with van der Waals surface area (Å²) in [6, 6.07) is 4.31. The first-order valence-electron chi connectivity index (χ1n) is 6.46. The number of allylic oxidation sites excluding steroid dienone is 1. The smallest absolute Gasteiger partial charge is 0.176 e. The molecule has 0 saturated heterocycles. The summed E-state index contributed by atoms with van der Waals surface area (Å²) in [6.07, 6.45) is 3.05. The van der Waals surface area contributed by atoms with Crippen LogP contribution < -0.4 is 4.74 Å². The van der Waals surface area contributed by atoms with Crippen molar-refractivity contribution >= 4 is 10.8 Å². The molecular formula is C16H15F3O2. The van der Waals surface area contributed by atoms with E-state index in [0.29, 0.717) is 0 Å². The molecule has 0 unspecified atom stereocenters. The number of rotatable bonds is 5. The quantitative estimate of drug-likeness (QED) is 0.763. The summed E-state index contributed by atoms with van der Waals surface area (Å²) in [5.74, 6) is -3.33. The van der Waals surface area contributed by atoms with Crippen molar-refractivity contribution < 1.29 is 22.6 Å². The van der Waals surface area contributed by atoms with E-state index >= 15 is 0 Å². The lowest BCUT2D eigenvalue weighted by Crippen LogP contribution is -2.02. The van der Waals surface area contributed by atoms with E-state index in [0.717, 1.165) is 0 Å². The molecule has 0 bridgehead atoms. The molecule has 0 heterocycles. The fraction of sp³-hybridized carbons (Fsp3) is 0.250. The minimum Gasteiger partial charge on any atom is -0.462 e. The van der Waals surface area contributed by atoms with Gasteiger partial charge in [0.25, 0.3) is 0 Å². The highest BCUT2D eigenvalue weighted by molar-refractivity contribution is 5.86. The molecule has 2 rings (SSSR count). The number of halogens is 3. The van der Waals surface area contributed by atoms with E-state index < -0.39 is 22.8 Å². The molecule has 2 nitrogen and oxygen atoms in total. The number of ether oxygens (including phenoxy) is 2. The van der Waals surface area contributed by atoms with Crippen LogP contribution in [0.25, 0.3) is 10.8 Å². The minimum absolute atomic E-state index is 0.149. The highest BCUT2D eigenvalue weighted by atomic mass is 19.2. The van der Waals surface area contributed by atoms with E-state index in [1.807, 2.05) is 0 Å². The Kier molecular flexibility index (Phi) is 4.85. The Labute approximate surface area is 120 Å². The molecule has 0 radical (unpaired) electrons. The zero-order chi connectivity index (χ0) is 15.4. The number of methoxy groups -OCH3 is 1. The molecule has 0 aromatic heterocycles. The van der Waals surface area contributed by atoms with E-state index in [1.54, 1.807) is 13.0 Å². The van der Waals surface area contributed by atoms with Crippen LogP contribution in [0.4, 0.5) is 13.2 Å². The van der Waals surface area contributed by atoms with Crippen LogP contribution in [0, 0.1) is 17.5 Å². The van der Waals surface area contributed by atoms with Gasteiger partial charge in [0.05, 0.1) is 18.3 Å². The van der Waals surface area contributed by atoms with Gasteiger partial charge < -0.3 is 9.47 Å². The van der Waals surface area contributed by atoms with Crippen LogP contribution in [0.2, 0.25) is 0 Å². The zero-order valence-electron chi connectivity index (χ0n) is 11.8. The molecule has 2 aromatic carbocycles. The first kappa shape index (κ1) is 15.4. The second kappa shape index (κ2) is 6.63. The fourth-order valence-electron chi connectivity index (χ4n) is 2.04. The molecule has 0 atom stereocenters. The third-order valence-corrected chi connectivity index (χ3v) is 3.07. The molecule has 0 aliphatic rings. The van der Waals surface area contributed by atoms with E-state index in [9.17, 15) is 13.2 Å². The second-order valence-electron chi connectivity index (χ2n) is 4.47. The zero-order valence-corrected chi connectivity index (χ0v) is 11.8. The summed E-state index contributed by atoms with van der Waals surface area (Å²) in [4.78, 5) is 0. The van der Waals surface area contributed by atoms with Crippen molar-refractivity contribution in [1.29, 1.82) is 0 Å². The van der Waals surface area contributed by atoms with Gasteiger partial charge in [-0.3, -0.25) is 0 Å². The molecule has 0 aliphatic carbocycles. The van der Waals surface area contributed by atoms with Gasteiger partial charge >= 0.3 is 0 Å².